The van der Waals surface area contributed by atoms with E-state index in [1.165, 1.54) is 0 Å². The van der Waals surface area contributed by atoms with E-state index in [2.05, 4.69) is 6.07 Å². The summed E-state index contributed by atoms with van der Waals surface area (Å²) in [6.07, 6.45) is 3.49. The zero-order chi connectivity index (χ0) is 20.9. The largest absolute Gasteiger partial charge is 0.491 e. The summed E-state index contributed by atoms with van der Waals surface area (Å²) in [4.78, 5) is 29.4. The molecule has 1 fully saturated rings. The Kier molecular flexibility index (Phi) is 6.36. The summed E-state index contributed by atoms with van der Waals surface area (Å²) in [7, 11) is 0. The highest BCUT2D eigenvalue weighted by Gasteiger charge is 2.25. The third-order valence-electron chi connectivity index (χ3n) is 6.17. The van der Waals surface area contributed by atoms with E-state index in [0.29, 0.717) is 26.1 Å². The lowest BCUT2D eigenvalue weighted by Crippen LogP contribution is -2.35. The van der Waals surface area contributed by atoms with Crippen molar-refractivity contribution in [1.82, 2.24) is 9.80 Å². The summed E-state index contributed by atoms with van der Waals surface area (Å²) in [6, 6.07) is 16.0. The van der Waals surface area contributed by atoms with Gasteiger partial charge < -0.3 is 14.5 Å². The summed E-state index contributed by atoms with van der Waals surface area (Å²) < 4.78 is 5.91. The van der Waals surface area contributed by atoms with Crippen molar-refractivity contribution in [1.29, 1.82) is 0 Å². The van der Waals surface area contributed by atoms with Gasteiger partial charge in [0.2, 0.25) is 11.8 Å². The number of carbonyl (C=O) groups excluding carboxylic acids is 2. The Morgan fingerprint density at radius 1 is 1.00 bits per heavy atom. The number of aryl methyl sites for hydroxylation is 1. The van der Waals surface area contributed by atoms with Gasteiger partial charge in [0.05, 0.1) is 12.5 Å². The van der Waals surface area contributed by atoms with Crippen molar-refractivity contribution >= 4 is 11.8 Å². The van der Waals surface area contributed by atoms with Gasteiger partial charge in [-0.1, -0.05) is 42.5 Å². The second-order valence-corrected chi connectivity index (χ2v) is 8.27. The second kappa shape index (κ2) is 9.33. The number of ether oxygens (including phenoxy) is 1. The first-order valence-corrected chi connectivity index (χ1v) is 11.0. The Labute approximate surface area is 178 Å². The molecule has 5 heteroatoms. The molecule has 0 bridgehead atoms. The van der Waals surface area contributed by atoms with Crippen LogP contribution in [0.2, 0.25) is 0 Å². The first kappa shape index (κ1) is 20.5. The molecule has 0 spiro atoms. The minimum atomic E-state index is -0.186. The van der Waals surface area contributed by atoms with E-state index in [0.717, 1.165) is 54.8 Å². The number of carbonyl (C=O) groups is 2. The molecule has 0 aromatic heterocycles. The molecule has 2 aliphatic heterocycles. The van der Waals surface area contributed by atoms with E-state index >= 15 is 0 Å². The van der Waals surface area contributed by atoms with Gasteiger partial charge in [0.15, 0.2) is 0 Å². The average molecular weight is 407 g/mol. The van der Waals surface area contributed by atoms with Crippen molar-refractivity contribution in [3.63, 3.8) is 0 Å². The van der Waals surface area contributed by atoms with E-state index in [1.54, 1.807) is 0 Å². The van der Waals surface area contributed by atoms with Crippen molar-refractivity contribution in [3.8, 4) is 5.75 Å². The molecule has 0 aliphatic carbocycles. The lowest BCUT2D eigenvalue weighted by molar-refractivity contribution is -0.133. The van der Waals surface area contributed by atoms with Crippen LogP contribution in [0.3, 0.4) is 0 Å². The molecule has 0 N–H and O–H groups in total. The van der Waals surface area contributed by atoms with Gasteiger partial charge in [0.1, 0.15) is 12.4 Å². The number of hydrogen-bond acceptors (Lipinski definition) is 3. The van der Waals surface area contributed by atoms with Crippen molar-refractivity contribution in [2.75, 3.05) is 26.2 Å². The van der Waals surface area contributed by atoms with Crippen LogP contribution in [0.5, 0.6) is 5.75 Å². The molecule has 1 unspecified atom stereocenters. The fraction of sp³-hybridized carbons (Fsp3) is 0.440. The predicted octanol–water partition coefficient (Wildman–Crippen LogP) is 3.77. The molecular weight excluding hydrogens is 376 g/mol. The van der Waals surface area contributed by atoms with Gasteiger partial charge in [0, 0.05) is 31.6 Å². The zero-order valence-corrected chi connectivity index (χ0v) is 17.7. The minimum Gasteiger partial charge on any atom is -0.491 e. The molecule has 2 aromatic carbocycles. The van der Waals surface area contributed by atoms with E-state index in [-0.39, 0.29) is 17.7 Å². The molecule has 2 aromatic rings. The molecule has 0 saturated carbocycles. The third kappa shape index (κ3) is 4.66. The number of nitrogens with zero attached hydrogens (tertiary/aromatic N) is 2. The lowest BCUT2D eigenvalue weighted by atomic mass is 9.99. The highest BCUT2D eigenvalue weighted by molar-refractivity contribution is 5.83. The Morgan fingerprint density at radius 3 is 2.53 bits per heavy atom. The van der Waals surface area contributed by atoms with Crippen LogP contribution in [-0.4, -0.2) is 47.9 Å². The Balaban J connectivity index is 1.43. The number of rotatable bonds is 5. The molecule has 0 radical (unpaired) electrons. The average Bonchev–Trinajstić information content (AvgIpc) is 3.24. The fourth-order valence-electron chi connectivity index (χ4n) is 4.33. The lowest BCUT2D eigenvalue weighted by Gasteiger charge is -2.24. The molecule has 2 aliphatic rings. The van der Waals surface area contributed by atoms with E-state index in [1.807, 2.05) is 59.2 Å². The van der Waals surface area contributed by atoms with Gasteiger partial charge in [-0.15, -0.1) is 0 Å². The van der Waals surface area contributed by atoms with Crippen molar-refractivity contribution in [2.24, 2.45) is 0 Å². The first-order chi connectivity index (χ1) is 14.6. The van der Waals surface area contributed by atoms with Crippen LogP contribution in [0, 0.1) is 0 Å². The van der Waals surface area contributed by atoms with E-state index < -0.39 is 0 Å². The predicted molar refractivity (Wildman–Crippen MR) is 116 cm³/mol. The maximum Gasteiger partial charge on any atom is 0.230 e. The molecule has 1 saturated heterocycles. The standard InChI is InChI=1S/C25H30N2O3/c1-19(21-7-3-2-4-8-21)25(29)27-15-16-30-23-11-9-20(17-22(23)18-27)10-12-24(28)26-13-5-6-14-26/h2-4,7-9,11,17,19H,5-6,10,12-16,18H2,1H3. The zero-order valence-electron chi connectivity index (χ0n) is 17.7. The first-order valence-electron chi connectivity index (χ1n) is 11.0. The highest BCUT2D eigenvalue weighted by atomic mass is 16.5. The smallest absolute Gasteiger partial charge is 0.230 e. The maximum atomic E-state index is 13.1. The number of hydrogen-bond donors (Lipinski definition) is 0. The molecule has 2 amide bonds. The third-order valence-corrected chi connectivity index (χ3v) is 6.17. The SMILES string of the molecule is CC(C(=O)N1CCOc2ccc(CCC(=O)N3CCCC3)cc2C1)c1ccccc1. The molecule has 158 valence electrons. The summed E-state index contributed by atoms with van der Waals surface area (Å²) >= 11 is 0. The van der Waals surface area contributed by atoms with Crippen molar-refractivity contribution in [2.45, 2.75) is 45.1 Å². The molecule has 4 rings (SSSR count). The quantitative estimate of drug-likeness (QED) is 0.760. The van der Waals surface area contributed by atoms with Crippen LogP contribution in [-0.2, 0) is 22.6 Å². The van der Waals surface area contributed by atoms with Gasteiger partial charge >= 0.3 is 0 Å². The molecule has 30 heavy (non-hydrogen) atoms. The van der Waals surface area contributed by atoms with Crippen LogP contribution in [0.15, 0.2) is 48.5 Å². The number of benzene rings is 2. The van der Waals surface area contributed by atoms with Gasteiger partial charge in [-0.25, -0.2) is 0 Å². The molecular formula is C25H30N2O3. The Morgan fingerprint density at radius 2 is 1.77 bits per heavy atom. The van der Waals surface area contributed by atoms with Gasteiger partial charge in [-0.05, 0) is 43.4 Å². The fourth-order valence-corrected chi connectivity index (χ4v) is 4.33. The second-order valence-electron chi connectivity index (χ2n) is 8.27. The van der Waals surface area contributed by atoms with Gasteiger partial charge in [-0.3, -0.25) is 9.59 Å². The molecule has 2 heterocycles. The van der Waals surface area contributed by atoms with Crippen LogP contribution in [0.25, 0.3) is 0 Å². The van der Waals surface area contributed by atoms with Crippen molar-refractivity contribution < 1.29 is 14.3 Å². The van der Waals surface area contributed by atoms with Gasteiger partial charge in [-0.2, -0.15) is 0 Å². The number of fused-ring (bicyclic) bond motifs is 1. The minimum absolute atomic E-state index is 0.118. The van der Waals surface area contributed by atoms with Crippen LogP contribution < -0.4 is 4.74 Å². The van der Waals surface area contributed by atoms with E-state index in [9.17, 15) is 9.59 Å². The Bertz CT molecular complexity index is 891. The van der Waals surface area contributed by atoms with Crippen molar-refractivity contribution in [3.05, 3.63) is 65.2 Å². The number of likely N-dealkylation sites (tertiary alicyclic amines) is 1. The maximum absolute atomic E-state index is 13.1. The van der Waals surface area contributed by atoms with Gasteiger partial charge in [0.25, 0.3) is 0 Å². The molecule has 5 nitrogen and oxygen atoms in total. The summed E-state index contributed by atoms with van der Waals surface area (Å²) in [5, 5.41) is 0. The molecule has 1 atom stereocenters. The van der Waals surface area contributed by atoms with E-state index in [4.69, 9.17) is 4.74 Å². The van der Waals surface area contributed by atoms with Crippen LogP contribution in [0.4, 0.5) is 0 Å². The topological polar surface area (TPSA) is 49.9 Å². The van der Waals surface area contributed by atoms with Crippen LogP contribution in [0.1, 0.15) is 48.8 Å². The Hall–Kier alpha value is -2.82. The van der Waals surface area contributed by atoms with Crippen LogP contribution >= 0.6 is 0 Å². The number of amides is 2. The summed E-state index contributed by atoms with van der Waals surface area (Å²) in [5.41, 5.74) is 3.17. The summed E-state index contributed by atoms with van der Waals surface area (Å²) in [6.45, 7) is 5.37. The highest BCUT2D eigenvalue weighted by Crippen LogP contribution is 2.27. The monoisotopic (exact) mass is 406 g/mol. The normalized spacial score (nSPS) is 17.1. The summed E-state index contributed by atoms with van der Waals surface area (Å²) in [5.74, 6) is 1.01.